The molecule has 1 amide bonds. The Balaban J connectivity index is 1.40. The van der Waals surface area contributed by atoms with E-state index < -0.39 is 5.97 Å². The Morgan fingerprint density at radius 3 is 2.67 bits per heavy atom. The number of nitrogens with one attached hydrogen (secondary N) is 2. The molecule has 3 N–H and O–H groups in total. The summed E-state index contributed by atoms with van der Waals surface area (Å²) in [6.45, 7) is 0.886. The number of H-pyrrole nitrogens is 1. The number of hydrogen-bond donors (Lipinski definition) is 3. The highest BCUT2D eigenvalue weighted by Gasteiger charge is 2.37. The van der Waals surface area contributed by atoms with Crippen LogP contribution in [0, 0.1) is 5.92 Å². The van der Waals surface area contributed by atoms with E-state index in [-0.39, 0.29) is 30.1 Å². The fourth-order valence-electron chi connectivity index (χ4n) is 3.81. The van der Waals surface area contributed by atoms with E-state index in [0.29, 0.717) is 22.4 Å². The number of amides is 1. The van der Waals surface area contributed by atoms with Crippen LogP contribution in [0.4, 0.5) is 0 Å². The number of carboxylic acids is 1. The van der Waals surface area contributed by atoms with Gasteiger partial charge in [0.15, 0.2) is 0 Å². The number of para-hydroxylation sites is 1. The molecule has 1 heterocycles. The Labute approximate surface area is 156 Å². The maximum atomic E-state index is 12.7. The van der Waals surface area contributed by atoms with Crippen LogP contribution < -0.4 is 10.9 Å². The Morgan fingerprint density at radius 2 is 1.96 bits per heavy atom. The maximum Gasteiger partial charge on any atom is 0.317 e. The van der Waals surface area contributed by atoms with Crippen molar-refractivity contribution < 1.29 is 14.7 Å². The fraction of sp³-hybridized carbons (Fsp3) is 0.450. The van der Waals surface area contributed by atoms with Crippen molar-refractivity contribution in [1.29, 1.82) is 0 Å². The van der Waals surface area contributed by atoms with E-state index in [2.05, 4.69) is 10.3 Å². The van der Waals surface area contributed by atoms with E-state index in [1.165, 1.54) is 18.9 Å². The predicted octanol–water partition coefficient (Wildman–Crippen LogP) is 1.59. The van der Waals surface area contributed by atoms with Gasteiger partial charge in [0.25, 0.3) is 5.91 Å². The molecule has 0 radical (unpaired) electrons. The molecule has 2 aromatic rings. The maximum absolute atomic E-state index is 12.7. The molecule has 4 rings (SSSR count). The summed E-state index contributed by atoms with van der Waals surface area (Å²) < 4.78 is 0. The van der Waals surface area contributed by atoms with Gasteiger partial charge in [-0.3, -0.25) is 19.3 Å². The lowest BCUT2D eigenvalue weighted by molar-refractivity contribution is -0.139. The lowest BCUT2D eigenvalue weighted by Gasteiger charge is -2.42. The first kappa shape index (κ1) is 17.7. The summed E-state index contributed by atoms with van der Waals surface area (Å²) in [5.74, 6) is -0.439. The monoisotopic (exact) mass is 369 g/mol. The number of hydrogen-bond acceptors (Lipinski definition) is 4. The highest BCUT2D eigenvalue weighted by Crippen LogP contribution is 2.33. The fourth-order valence-corrected chi connectivity index (χ4v) is 3.81. The van der Waals surface area contributed by atoms with Gasteiger partial charge >= 0.3 is 5.97 Å². The lowest BCUT2D eigenvalue weighted by atomic mass is 9.85. The van der Waals surface area contributed by atoms with Gasteiger partial charge in [-0.2, -0.15) is 0 Å². The second-order valence-electron chi connectivity index (χ2n) is 7.66. The second kappa shape index (κ2) is 7.15. The van der Waals surface area contributed by atoms with Crippen molar-refractivity contribution in [2.75, 3.05) is 13.1 Å². The standard InChI is InChI=1S/C20H23N3O4/c24-18-9-16(15-3-1-2-4-17(15)22-18)20(27)21-13-7-14(8-13)23(11-19(25)26)10-12-5-6-12/h1-4,9,12-14H,5-8,10-11H2,(H,21,27)(H,22,24)(H,25,26). The van der Waals surface area contributed by atoms with Crippen molar-refractivity contribution in [2.24, 2.45) is 5.92 Å². The zero-order chi connectivity index (χ0) is 19.0. The normalized spacial score (nSPS) is 21.8. The second-order valence-corrected chi connectivity index (χ2v) is 7.66. The molecule has 0 aliphatic heterocycles. The topological polar surface area (TPSA) is 102 Å². The molecule has 2 saturated carbocycles. The first-order valence-electron chi connectivity index (χ1n) is 9.38. The summed E-state index contributed by atoms with van der Waals surface area (Å²) in [5.41, 5.74) is 0.708. The molecule has 27 heavy (non-hydrogen) atoms. The minimum absolute atomic E-state index is 0.0102. The van der Waals surface area contributed by atoms with Crippen LogP contribution >= 0.6 is 0 Å². The van der Waals surface area contributed by atoms with Crippen LogP contribution in [-0.4, -0.2) is 52.0 Å². The van der Waals surface area contributed by atoms with Crippen molar-refractivity contribution in [3.05, 3.63) is 46.2 Å². The molecule has 0 unspecified atom stereocenters. The van der Waals surface area contributed by atoms with Crippen molar-refractivity contribution in [1.82, 2.24) is 15.2 Å². The summed E-state index contributed by atoms with van der Waals surface area (Å²) in [6, 6.07) is 8.77. The number of carbonyl (C=O) groups is 2. The minimum Gasteiger partial charge on any atom is -0.480 e. The largest absolute Gasteiger partial charge is 0.480 e. The third kappa shape index (κ3) is 4.03. The van der Waals surface area contributed by atoms with Crippen LogP contribution in [0.15, 0.2) is 35.1 Å². The molecule has 0 saturated heterocycles. The Bertz CT molecular complexity index is 928. The van der Waals surface area contributed by atoms with Gasteiger partial charge in [-0.1, -0.05) is 18.2 Å². The number of fused-ring (bicyclic) bond motifs is 1. The van der Waals surface area contributed by atoms with Gasteiger partial charge in [0, 0.05) is 35.6 Å². The predicted molar refractivity (Wildman–Crippen MR) is 101 cm³/mol. The Kier molecular flexibility index (Phi) is 4.70. The summed E-state index contributed by atoms with van der Waals surface area (Å²) >= 11 is 0. The number of pyridine rings is 1. The van der Waals surface area contributed by atoms with Gasteiger partial charge in [-0.15, -0.1) is 0 Å². The molecule has 7 nitrogen and oxygen atoms in total. The number of rotatable bonds is 7. The SMILES string of the molecule is O=C(O)CN(CC1CC1)C1CC(NC(=O)c2cc(=O)[nH]c3ccccc23)C1. The first-order chi connectivity index (χ1) is 13.0. The summed E-state index contributed by atoms with van der Waals surface area (Å²) in [5, 5.41) is 12.8. The average molecular weight is 369 g/mol. The van der Waals surface area contributed by atoms with Gasteiger partial charge in [0.05, 0.1) is 12.1 Å². The third-order valence-electron chi connectivity index (χ3n) is 5.49. The van der Waals surface area contributed by atoms with E-state index in [9.17, 15) is 14.4 Å². The van der Waals surface area contributed by atoms with Gasteiger partial charge < -0.3 is 15.4 Å². The van der Waals surface area contributed by atoms with Crippen LogP contribution in [-0.2, 0) is 4.79 Å². The average Bonchev–Trinajstić information content (AvgIpc) is 3.39. The van der Waals surface area contributed by atoms with Crippen molar-refractivity contribution in [2.45, 2.75) is 37.8 Å². The van der Waals surface area contributed by atoms with Crippen molar-refractivity contribution in [3.8, 4) is 0 Å². The number of benzene rings is 1. The number of carboxylic acid groups (broad SMARTS) is 1. The molecule has 1 aromatic carbocycles. The molecule has 0 spiro atoms. The van der Waals surface area contributed by atoms with E-state index in [1.54, 1.807) is 6.07 Å². The van der Waals surface area contributed by atoms with E-state index >= 15 is 0 Å². The van der Waals surface area contributed by atoms with Crippen molar-refractivity contribution >= 4 is 22.8 Å². The number of aromatic amines is 1. The Hall–Kier alpha value is -2.67. The number of aromatic nitrogens is 1. The van der Waals surface area contributed by atoms with Gasteiger partial charge in [0.1, 0.15) is 0 Å². The van der Waals surface area contributed by atoms with Crippen LogP contribution in [0.2, 0.25) is 0 Å². The molecule has 2 aliphatic rings. The van der Waals surface area contributed by atoms with E-state index in [4.69, 9.17) is 5.11 Å². The van der Waals surface area contributed by atoms with Crippen molar-refractivity contribution in [3.63, 3.8) is 0 Å². The number of nitrogens with zero attached hydrogens (tertiary/aromatic N) is 1. The van der Waals surface area contributed by atoms with Gasteiger partial charge in [0.2, 0.25) is 5.56 Å². The number of aliphatic carboxylic acids is 1. The molecular weight excluding hydrogens is 346 g/mol. The molecule has 2 aliphatic carbocycles. The van der Waals surface area contributed by atoms with Crippen LogP contribution in [0.5, 0.6) is 0 Å². The molecule has 2 fully saturated rings. The zero-order valence-electron chi connectivity index (χ0n) is 15.0. The first-order valence-corrected chi connectivity index (χ1v) is 9.38. The van der Waals surface area contributed by atoms with Crippen LogP contribution in [0.1, 0.15) is 36.0 Å². The molecule has 0 bridgehead atoms. The molecule has 0 atom stereocenters. The lowest BCUT2D eigenvalue weighted by Crippen LogP contribution is -2.55. The van der Waals surface area contributed by atoms with E-state index in [0.717, 1.165) is 19.4 Å². The quantitative estimate of drug-likeness (QED) is 0.688. The minimum atomic E-state index is -0.807. The number of carbonyl (C=O) groups excluding carboxylic acids is 1. The zero-order valence-corrected chi connectivity index (χ0v) is 15.0. The summed E-state index contributed by atoms with van der Waals surface area (Å²) in [4.78, 5) is 40.4. The van der Waals surface area contributed by atoms with Crippen LogP contribution in [0.3, 0.4) is 0 Å². The van der Waals surface area contributed by atoms with E-state index in [1.807, 2.05) is 23.1 Å². The van der Waals surface area contributed by atoms with Crippen LogP contribution in [0.25, 0.3) is 10.9 Å². The molecule has 142 valence electrons. The summed E-state index contributed by atoms with van der Waals surface area (Å²) in [7, 11) is 0. The molecule has 1 aromatic heterocycles. The van der Waals surface area contributed by atoms with Gasteiger partial charge in [-0.25, -0.2) is 0 Å². The highest BCUT2D eigenvalue weighted by molar-refractivity contribution is 6.06. The van der Waals surface area contributed by atoms with Gasteiger partial charge in [-0.05, 0) is 37.7 Å². The highest BCUT2D eigenvalue weighted by atomic mass is 16.4. The third-order valence-corrected chi connectivity index (χ3v) is 5.49. The Morgan fingerprint density at radius 1 is 1.22 bits per heavy atom. The molecular formula is C20H23N3O4. The molecule has 7 heteroatoms. The smallest absolute Gasteiger partial charge is 0.317 e. The summed E-state index contributed by atoms with van der Waals surface area (Å²) in [6.07, 6.45) is 3.84.